The number of nitrogens with zero attached hydrogens (tertiary/aromatic N) is 1. The van der Waals surface area contributed by atoms with Crippen molar-refractivity contribution in [2.45, 2.75) is 0 Å². The fourth-order valence-electron chi connectivity index (χ4n) is 0.966. The summed E-state index contributed by atoms with van der Waals surface area (Å²) in [5.41, 5.74) is -1.25. The molecule has 5 nitrogen and oxygen atoms in total. The highest BCUT2D eigenvalue weighted by atomic mass is 79.9. The standard InChI is InChI=1S/C8H5BrFNO4/c1-15-8(12)5-2-4(9)3-6(7(5)10)11(13)14/h2-3H,1H3. The number of esters is 1. The van der Waals surface area contributed by atoms with Gasteiger partial charge >= 0.3 is 11.7 Å². The molecule has 0 N–H and O–H groups in total. The van der Waals surface area contributed by atoms with E-state index in [9.17, 15) is 19.3 Å². The van der Waals surface area contributed by atoms with Crippen LogP contribution in [0.1, 0.15) is 10.4 Å². The van der Waals surface area contributed by atoms with Crippen molar-refractivity contribution < 1.29 is 18.8 Å². The van der Waals surface area contributed by atoms with Gasteiger partial charge in [-0.1, -0.05) is 15.9 Å². The normalized spacial score (nSPS) is 9.80. The lowest BCUT2D eigenvalue weighted by Crippen LogP contribution is -2.06. The Morgan fingerprint density at radius 3 is 2.67 bits per heavy atom. The monoisotopic (exact) mass is 277 g/mol. The lowest BCUT2D eigenvalue weighted by molar-refractivity contribution is -0.387. The first-order valence-electron chi connectivity index (χ1n) is 3.69. The first-order chi connectivity index (χ1) is 6.97. The molecule has 1 aromatic carbocycles. The molecule has 80 valence electrons. The second kappa shape index (κ2) is 4.35. The number of rotatable bonds is 2. The van der Waals surface area contributed by atoms with Gasteiger partial charge < -0.3 is 4.74 Å². The molecule has 0 radical (unpaired) electrons. The highest BCUT2D eigenvalue weighted by molar-refractivity contribution is 9.10. The van der Waals surface area contributed by atoms with Crippen molar-refractivity contribution in [1.29, 1.82) is 0 Å². The number of hydrogen-bond donors (Lipinski definition) is 0. The average molecular weight is 278 g/mol. The number of hydrogen-bond acceptors (Lipinski definition) is 4. The highest BCUT2D eigenvalue weighted by Gasteiger charge is 2.23. The van der Waals surface area contributed by atoms with Crippen molar-refractivity contribution in [3.8, 4) is 0 Å². The fourth-order valence-corrected chi connectivity index (χ4v) is 1.41. The Labute approximate surface area is 92.1 Å². The number of nitro groups is 1. The summed E-state index contributed by atoms with van der Waals surface area (Å²) in [5, 5.41) is 10.4. The predicted octanol–water partition coefficient (Wildman–Crippen LogP) is 2.28. The molecular formula is C8H5BrFNO4. The van der Waals surface area contributed by atoms with Crippen LogP contribution in [0.4, 0.5) is 10.1 Å². The van der Waals surface area contributed by atoms with Crippen LogP contribution in [0.3, 0.4) is 0 Å². The zero-order valence-electron chi connectivity index (χ0n) is 7.49. The molecule has 0 bridgehead atoms. The van der Waals surface area contributed by atoms with Gasteiger partial charge in [-0.2, -0.15) is 4.39 Å². The Hall–Kier alpha value is -1.50. The molecule has 0 spiro atoms. The van der Waals surface area contributed by atoms with Crippen LogP contribution in [0.2, 0.25) is 0 Å². The molecule has 0 fully saturated rings. The van der Waals surface area contributed by atoms with Crippen LogP contribution in [0.25, 0.3) is 0 Å². The third-order valence-electron chi connectivity index (χ3n) is 1.62. The van der Waals surface area contributed by atoms with E-state index >= 15 is 0 Å². The third kappa shape index (κ3) is 2.30. The van der Waals surface area contributed by atoms with E-state index < -0.39 is 28.0 Å². The number of nitro benzene ring substituents is 1. The molecule has 0 amide bonds. The molecule has 0 saturated carbocycles. The summed E-state index contributed by atoms with van der Waals surface area (Å²) in [5.74, 6) is -2.16. The van der Waals surface area contributed by atoms with Crippen LogP contribution in [0.5, 0.6) is 0 Å². The minimum atomic E-state index is -1.20. The van der Waals surface area contributed by atoms with Gasteiger partial charge in [0.15, 0.2) is 0 Å². The van der Waals surface area contributed by atoms with E-state index in [1.165, 1.54) is 0 Å². The summed E-state index contributed by atoms with van der Waals surface area (Å²) < 4.78 is 17.9. The zero-order valence-corrected chi connectivity index (χ0v) is 9.08. The van der Waals surface area contributed by atoms with Crippen LogP contribution in [-0.4, -0.2) is 18.0 Å². The van der Waals surface area contributed by atoms with Crippen LogP contribution in [-0.2, 0) is 4.74 Å². The lowest BCUT2D eigenvalue weighted by Gasteiger charge is -2.02. The smallest absolute Gasteiger partial charge is 0.341 e. The Kier molecular flexibility index (Phi) is 3.35. The second-order valence-corrected chi connectivity index (χ2v) is 3.45. The molecule has 0 heterocycles. The zero-order chi connectivity index (χ0) is 11.6. The highest BCUT2D eigenvalue weighted by Crippen LogP contribution is 2.26. The van der Waals surface area contributed by atoms with Crippen molar-refractivity contribution in [3.63, 3.8) is 0 Å². The maximum atomic E-state index is 13.4. The van der Waals surface area contributed by atoms with Crippen molar-refractivity contribution >= 4 is 27.6 Å². The summed E-state index contributed by atoms with van der Waals surface area (Å²) in [6.07, 6.45) is 0. The Morgan fingerprint density at radius 2 is 2.20 bits per heavy atom. The summed E-state index contributed by atoms with van der Waals surface area (Å²) in [6.45, 7) is 0. The quantitative estimate of drug-likeness (QED) is 0.472. The third-order valence-corrected chi connectivity index (χ3v) is 2.08. The maximum Gasteiger partial charge on any atom is 0.341 e. The Morgan fingerprint density at radius 1 is 1.60 bits per heavy atom. The van der Waals surface area contributed by atoms with Crippen molar-refractivity contribution in [1.82, 2.24) is 0 Å². The van der Waals surface area contributed by atoms with Gasteiger partial charge in [0.05, 0.1) is 12.0 Å². The van der Waals surface area contributed by atoms with Gasteiger partial charge in [0.2, 0.25) is 5.82 Å². The molecule has 0 aromatic heterocycles. The molecule has 0 aliphatic carbocycles. The van der Waals surface area contributed by atoms with E-state index in [0.29, 0.717) is 0 Å². The van der Waals surface area contributed by atoms with E-state index in [4.69, 9.17) is 0 Å². The summed E-state index contributed by atoms with van der Waals surface area (Å²) in [4.78, 5) is 20.6. The second-order valence-electron chi connectivity index (χ2n) is 2.54. The van der Waals surface area contributed by atoms with Gasteiger partial charge in [0.25, 0.3) is 0 Å². The van der Waals surface area contributed by atoms with Crippen LogP contribution in [0, 0.1) is 15.9 Å². The molecule has 0 aliphatic rings. The molecule has 15 heavy (non-hydrogen) atoms. The van der Waals surface area contributed by atoms with E-state index in [2.05, 4.69) is 20.7 Å². The van der Waals surface area contributed by atoms with Crippen LogP contribution < -0.4 is 0 Å². The van der Waals surface area contributed by atoms with Crippen molar-refractivity contribution in [2.24, 2.45) is 0 Å². The topological polar surface area (TPSA) is 69.4 Å². The van der Waals surface area contributed by atoms with Gasteiger partial charge in [0.1, 0.15) is 5.56 Å². The molecule has 7 heteroatoms. The van der Waals surface area contributed by atoms with Gasteiger partial charge in [-0.3, -0.25) is 10.1 Å². The Bertz CT molecular complexity index is 435. The number of halogens is 2. The number of benzene rings is 1. The van der Waals surface area contributed by atoms with Crippen molar-refractivity contribution in [3.05, 3.63) is 38.1 Å². The first-order valence-corrected chi connectivity index (χ1v) is 4.48. The number of carbonyl (C=O) groups excluding carboxylic acids is 1. The van der Waals surface area contributed by atoms with Gasteiger partial charge in [-0.25, -0.2) is 4.79 Å². The lowest BCUT2D eigenvalue weighted by atomic mass is 10.2. The first kappa shape index (κ1) is 11.6. The van der Waals surface area contributed by atoms with E-state index in [1.54, 1.807) is 0 Å². The van der Waals surface area contributed by atoms with Crippen molar-refractivity contribution in [2.75, 3.05) is 7.11 Å². The van der Waals surface area contributed by atoms with Crippen LogP contribution in [0.15, 0.2) is 16.6 Å². The van der Waals surface area contributed by atoms with Crippen LogP contribution >= 0.6 is 15.9 Å². The van der Waals surface area contributed by atoms with Gasteiger partial charge in [-0.15, -0.1) is 0 Å². The SMILES string of the molecule is COC(=O)c1cc(Br)cc([N+](=O)[O-])c1F. The number of carbonyl (C=O) groups is 1. The minimum Gasteiger partial charge on any atom is -0.465 e. The largest absolute Gasteiger partial charge is 0.465 e. The summed E-state index contributed by atoms with van der Waals surface area (Å²) in [6, 6.07) is 2.09. The molecule has 0 unspecified atom stereocenters. The average Bonchev–Trinajstić information content (AvgIpc) is 2.19. The molecule has 1 rings (SSSR count). The van der Waals surface area contributed by atoms with E-state index in [1.807, 2.05) is 0 Å². The molecule has 0 saturated heterocycles. The predicted molar refractivity (Wildman–Crippen MR) is 52.1 cm³/mol. The number of methoxy groups -OCH3 is 1. The minimum absolute atomic E-state index is 0.232. The molecular weight excluding hydrogens is 273 g/mol. The van der Waals surface area contributed by atoms with Gasteiger partial charge in [-0.05, 0) is 6.07 Å². The fraction of sp³-hybridized carbons (Fsp3) is 0.125. The molecule has 0 atom stereocenters. The Balaban J connectivity index is 3.41. The summed E-state index contributed by atoms with van der Waals surface area (Å²) >= 11 is 2.93. The van der Waals surface area contributed by atoms with E-state index in [-0.39, 0.29) is 4.47 Å². The van der Waals surface area contributed by atoms with Gasteiger partial charge in [0, 0.05) is 10.5 Å². The number of ether oxygens (including phenoxy) is 1. The van der Waals surface area contributed by atoms with E-state index in [0.717, 1.165) is 19.2 Å². The summed E-state index contributed by atoms with van der Waals surface area (Å²) in [7, 11) is 1.06. The maximum absolute atomic E-state index is 13.4. The molecule has 0 aliphatic heterocycles. The molecule has 1 aromatic rings.